The predicted molar refractivity (Wildman–Crippen MR) is 62.5 cm³/mol. The highest BCUT2D eigenvalue weighted by atomic mass is 16.4. The lowest BCUT2D eigenvalue weighted by atomic mass is 10.00. The van der Waals surface area contributed by atoms with Gasteiger partial charge in [0.1, 0.15) is 5.78 Å². The minimum atomic E-state index is 0.464. The summed E-state index contributed by atoms with van der Waals surface area (Å²) in [6.45, 7) is 3.94. The van der Waals surface area contributed by atoms with Crippen molar-refractivity contribution in [2.75, 3.05) is 0 Å². The number of unbranched alkanes of at least 4 members (excludes halogenated alkanes) is 1. The van der Waals surface area contributed by atoms with E-state index in [0.717, 1.165) is 50.7 Å². The highest BCUT2D eigenvalue weighted by Crippen LogP contribution is 2.12. The van der Waals surface area contributed by atoms with Crippen LogP contribution in [0, 0.1) is 0 Å². The summed E-state index contributed by atoms with van der Waals surface area (Å²) in [6.07, 6.45) is 8.44. The molecule has 1 saturated carbocycles. The normalized spacial score (nSPS) is 16.9. The van der Waals surface area contributed by atoms with Crippen molar-refractivity contribution < 1.29 is 10.0 Å². The molecule has 0 bridgehead atoms. The number of nitrogens with zero attached hydrogens (tertiary/aromatic N) is 1. The molecular weight excluding hydrogens is 190 g/mol. The van der Waals surface area contributed by atoms with Crippen LogP contribution in [-0.4, -0.2) is 16.7 Å². The number of ketones is 1. The Morgan fingerprint density at radius 2 is 1.93 bits per heavy atom. The Labute approximate surface area is 92.6 Å². The van der Waals surface area contributed by atoms with E-state index < -0.39 is 0 Å². The van der Waals surface area contributed by atoms with Crippen molar-refractivity contribution in [3.63, 3.8) is 0 Å². The van der Waals surface area contributed by atoms with Crippen LogP contribution in [0.4, 0.5) is 0 Å². The number of carbonyl (C=O) groups excluding carboxylic acids is 1. The highest BCUT2D eigenvalue weighted by molar-refractivity contribution is 5.81. The van der Waals surface area contributed by atoms with Crippen LogP contribution in [0.2, 0.25) is 0 Å². The van der Waals surface area contributed by atoms with Crippen molar-refractivity contribution in [2.45, 2.75) is 65.2 Å². The van der Waals surface area contributed by atoms with Crippen molar-refractivity contribution in [1.82, 2.24) is 0 Å². The Balaban J connectivity index is 0.000000262. The van der Waals surface area contributed by atoms with Crippen LogP contribution in [0.1, 0.15) is 65.2 Å². The average molecular weight is 213 g/mol. The molecule has 0 heterocycles. The molecule has 0 atom stereocenters. The van der Waals surface area contributed by atoms with Gasteiger partial charge in [0, 0.05) is 12.8 Å². The molecule has 1 aliphatic carbocycles. The minimum absolute atomic E-state index is 0.464. The molecule has 0 saturated heterocycles. The molecule has 0 unspecified atom stereocenters. The molecule has 0 radical (unpaired) electrons. The van der Waals surface area contributed by atoms with Gasteiger partial charge in [-0.05, 0) is 32.6 Å². The van der Waals surface area contributed by atoms with Gasteiger partial charge < -0.3 is 5.21 Å². The van der Waals surface area contributed by atoms with E-state index >= 15 is 0 Å². The zero-order valence-electron chi connectivity index (χ0n) is 9.96. The van der Waals surface area contributed by atoms with Crippen LogP contribution in [0.15, 0.2) is 5.16 Å². The number of rotatable bonds is 3. The maximum atomic E-state index is 10.5. The SMILES string of the molecule is CCCC/C(C)=N/O.O=C1CCCCC1. The molecule has 1 rings (SSSR count). The summed E-state index contributed by atoms with van der Waals surface area (Å²) in [4.78, 5) is 10.5. The molecule has 15 heavy (non-hydrogen) atoms. The number of oxime groups is 1. The number of hydrogen-bond acceptors (Lipinski definition) is 3. The topological polar surface area (TPSA) is 49.7 Å². The maximum absolute atomic E-state index is 10.5. The van der Waals surface area contributed by atoms with Gasteiger partial charge in [0.2, 0.25) is 0 Å². The third-order valence-electron chi connectivity index (χ3n) is 2.47. The average Bonchev–Trinajstić information content (AvgIpc) is 2.28. The predicted octanol–water partition coefficient (Wildman–Crippen LogP) is 3.55. The molecule has 3 heteroatoms. The van der Waals surface area contributed by atoms with Crippen molar-refractivity contribution in [3.8, 4) is 0 Å². The Bertz CT molecular complexity index is 192. The van der Waals surface area contributed by atoms with E-state index in [1.165, 1.54) is 6.42 Å². The second kappa shape index (κ2) is 9.69. The first-order valence-electron chi connectivity index (χ1n) is 5.90. The first kappa shape index (κ1) is 14.1. The van der Waals surface area contributed by atoms with Gasteiger partial charge in [-0.25, -0.2) is 0 Å². The number of hydrogen-bond donors (Lipinski definition) is 1. The van der Waals surface area contributed by atoms with Crippen molar-refractivity contribution >= 4 is 11.5 Å². The van der Waals surface area contributed by atoms with Gasteiger partial charge in [-0.1, -0.05) is 24.9 Å². The quantitative estimate of drug-likeness (QED) is 0.443. The molecule has 1 fully saturated rings. The van der Waals surface area contributed by atoms with Crippen molar-refractivity contribution in [1.29, 1.82) is 0 Å². The third kappa shape index (κ3) is 9.44. The molecule has 88 valence electrons. The van der Waals surface area contributed by atoms with E-state index in [1.54, 1.807) is 0 Å². The Morgan fingerprint density at radius 1 is 1.33 bits per heavy atom. The molecule has 0 aromatic heterocycles. The zero-order chi connectivity index (χ0) is 11.5. The van der Waals surface area contributed by atoms with E-state index in [4.69, 9.17) is 5.21 Å². The van der Waals surface area contributed by atoms with E-state index in [2.05, 4.69) is 12.1 Å². The Kier molecular flexibility index (Phi) is 9.13. The monoisotopic (exact) mass is 213 g/mol. The summed E-state index contributed by atoms with van der Waals surface area (Å²) in [7, 11) is 0. The second-order valence-corrected chi connectivity index (χ2v) is 4.04. The van der Waals surface area contributed by atoms with Crippen LogP contribution in [0.5, 0.6) is 0 Å². The van der Waals surface area contributed by atoms with Crippen molar-refractivity contribution in [3.05, 3.63) is 0 Å². The fourth-order valence-corrected chi connectivity index (χ4v) is 1.43. The molecule has 3 nitrogen and oxygen atoms in total. The van der Waals surface area contributed by atoms with E-state index in [-0.39, 0.29) is 0 Å². The van der Waals surface area contributed by atoms with Gasteiger partial charge >= 0.3 is 0 Å². The summed E-state index contributed by atoms with van der Waals surface area (Å²) >= 11 is 0. The summed E-state index contributed by atoms with van der Waals surface area (Å²) in [6, 6.07) is 0. The second-order valence-electron chi connectivity index (χ2n) is 4.04. The summed E-state index contributed by atoms with van der Waals surface area (Å²) in [5.41, 5.74) is 0.826. The van der Waals surface area contributed by atoms with Crippen LogP contribution in [-0.2, 0) is 4.79 Å². The molecule has 0 aliphatic heterocycles. The number of Topliss-reactive ketones (excluding diaryl/α,β-unsaturated/α-hetero) is 1. The lowest BCUT2D eigenvalue weighted by Crippen LogP contribution is -2.02. The van der Waals surface area contributed by atoms with Gasteiger partial charge in [-0.2, -0.15) is 0 Å². The standard InChI is InChI=1S/C6H13NO.C6H10O/c1-3-4-5-6(2)7-8;7-6-4-2-1-3-5-6/h8H,3-5H2,1-2H3;1-5H2/b7-6+;. The van der Waals surface area contributed by atoms with Gasteiger partial charge in [-0.3, -0.25) is 4.79 Å². The first-order chi connectivity index (χ1) is 7.20. The molecule has 1 N–H and O–H groups in total. The molecule has 0 spiro atoms. The van der Waals surface area contributed by atoms with E-state index in [1.807, 2.05) is 6.92 Å². The molecular formula is C12H23NO2. The van der Waals surface area contributed by atoms with E-state index in [9.17, 15) is 4.79 Å². The lowest BCUT2D eigenvalue weighted by molar-refractivity contribution is -0.120. The minimum Gasteiger partial charge on any atom is -0.411 e. The molecule has 0 amide bonds. The fourth-order valence-electron chi connectivity index (χ4n) is 1.43. The van der Waals surface area contributed by atoms with Gasteiger partial charge in [0.15, 0.2) is 0 Å². The zero-order valence-corrected chi connectivity index (χ0v) is 9.96. The Morgan fingerprint density at radius 3 is 2.27 bits per heavy atom. The largest absolute Gasteiger partial charge is 0.411 e. The van der Waals surface area contributed by atoms with Crippen LogP contribution >= 0.6 is 0 Å². The fraction of sp³-hybridized carbons (Fsp3) is 0.833. The summed E-state index contributed by atoms with van der Waals surface area (Å²) < 4.78 is 0. The van der Waals surface area contributed by atoms with Crippen LogP contribution in [0.3, 0.4) is 0 Å². The first-order valence-corrected chi connectivity index (χ1v) is 5.90. The van der Waals surface area contributed by atoms with Crippen LogP contribution in [0.25, 0.3) is 0 Å². The highest BCUT2D eigenvalue weighted by Gasteiger charge is 2.05. The van der Waals surface area contributed by atoms with E-state index in [0.29, 0.717) is 5.78 Å². The third-order valence-corrected chi connectivity index (χ3v) is 2.47. The molecule has 0 aromatic carbocycles. The smallest absolute Gasteiger partial charge is 0.132 e. The van der Waals surface area contributed by atoms with Gasteiger partial charge in [0.05, 0.1) is 5.71 Å². The molecule has 1 aliphatic rings. The lowest BCUT2D eigenvalue weighted by Gasteiger charge is -2.05. The van der Waals surface area contributed by atoms with Gasteiger partial charge in [0.25, 0.3) is 0 Å². The maximum Gasteiger partial charge on any atom is 0.132 e. The van der Waals surface area contributed by atoms with Crippen molar-refractivity contribution in [2.24, 2.45) is 5.16 Å². The van der Waals surface area contributed by atoms with Gasteiger partial charge in [-0.15, -0.1) is 0 Å². The molecule has 0 aromatic rings. The van der Waals surface area contributed by atoms with Crippen LogP contribution < -0.4 is 0 Å². The Hall–Kier alpha value is -0.860. The summed E-state index contributed by atoms with van der Waals surface area (Å²) in [5.74, 6) is 0.464. The summed E-state index contributed by atoms with van der Waals surface area (Å²) in [5, 5.41) is 11.2. The number of carbonyl (C=O) groups is 1.